The van der Waals surface area contributed by atoms with E-state index >= 15 is 0 Å². The van der Waals surface area contributed by atoms with Gasteiger partial charge in [-0.1, -0.05) is 6.07 Å². The van der Waals surface area contributed by atoms with E-state index in [0.29, 0.717) is 0 Å². The van der Waals surface area contributed by atoms with Crippen molar-refractivity contribution in [2.24, 2.45) is 7.05 Å². The van der Waals surface area contributed by atoms with Crippen molar-refractivity contribution in [3.05, 3.63) is 47.7 Å². The van der Waals surface area contributed by atoms with E-state index < -0.39 is 0 Å². The third-order valence-electron chi connectivity index (χ3n) is 5.89. The van der Waals surface area contributed by atoms with Crippen LogP contribution in [0.3, 0.4) is 0 Å². The molecule has 1 aliphatic heterocycles. The number of nitrogens with zero attached hydrogens (tertiary/aromatic N) is 6. The van der Waals surface area contributed by atoms with E-state index in [1.165, 1.54) is 0 Å². The van der Waals surface area contributed by atoms with E-state index in [-0.39, 0.29) is 11.9 Å². The van der Waals surface area contributed by atoms with E-state index in [9.17, 15) is 4.79 Å². The SMILES string of the molecule is Cc1nn(C)c(C)c1NC(=O)C(C)N1CCN(Cc2cn3ccccc3n2)CC1. The van der Waals surface area contributed by atoms with Crippen LogP contribution in [0.1, 0.15) is 24.0 Å². The Balaban J connectivity index is 1.32. The lowest BCUT2D eigenvalue weighted by atomic mass is 10.2. The van der Waals surface area contributed by atoms with Crippen molar-refractivity contribution in [2.45, 2.75) is 33.4 Å². The van der Waals surface area contributed by atoms with E-state index in [0.717, 1.165) is 61.1 Å². The molecule has 1 fully saturated rings. The fourth-order valence-electron chi connectivity index (χ4n) is 3.95. The number of fused-ring (bicyclic) bond motifs is 1. The molecule has 8 nitrogen and oxygen atoms in total. The first-order chi connectivity index (χ1) is 13.9. The maximum Gasteiger partial charge on any atom is 0.241 e. The summed E-state index contributed by atoms with van der Waals surface area (Å²) in [5.74, 6) is 0.0259. The van der Waals surface area contributed by atoms with E-state index in [1.54, 1.807) is 4.68 Å². The van der Waals surface area contributed by atoms with Gasteiger partial charge in [0.2, 0.25) is 5.91 Å². The van der Waals surface area contributed by atoms with Crippen LogP contribution in [0.2, 0.25) is 0 Å². The number of carbonyl (C=O) groups is 1. The van der Waals surface area contributed by atoms with Crippen molar-refractivity contribution in [2.75, 3.05) is 31.5 Å². The molecule has 154 valence electrons. The number of nitrogens with one attached hydrogen (secondary N) is 1. The summed E-state index contributed by atoms with van der Waals surface area (Å²) in [5, 5.41) is 7.45. The molecule has 0 aromatic carbocycles. The molecule has 29 heavy (non-hydrogen) atoms. The molecular formula is C21H29N7O. The Bertz CT molecular complexity index is 980. The summed E-state index contributed by atoms with van der Waals surface area (Å²) in [6.07, 6.45) is 4.12. The summed E-state index contributed by atoms with van der Waals surface area (Å²) in [6.45, 7) is 10.3. The normalized spacial score (nSPS) is 17.0. The number of hydrogen-bond acceptors (Lipinski definition) is 5. The molecule has 1 amide bonds. The lowest BCUT2D eigenvalue weighted by molar-refractivity contribution is -0.121. The number of aryl methyl sites for hydroxylation is 2. The molecule has 3 aromatic rings. The molecule has 0 spiro atoms. The summed E-state index contributed by atoms with van der Waals surface area (Å²) in [6, 6.07) is 5.86. The van der Waals surface area contributed by atoms with Crippen LogP contribution >= 0.6 is 0 Å². The third-order valence-corrected chi connectivity index (χ3v) is 5.89. The first-order valence-electron chi connectivity index (χ1n) is 10.1. The molecule has 8 heteroatoms. The monoisotopic (exact) mass is 395 g/mol. The Morgan fingerprint density at radius 3 is 2.62 bits per heavy atom. The summed E-state index contributed by atoms with van der Waals surface area (Å²) < 4.78 is 3.86. The first-order valence-corrected chi connectivity index (χ1v) is 10.1. The van der Waals surface area contributed by atoms with Crippen LogP contribution < -0.4 is 5.32 Å². The molecule has 0 aliphatic carbocycles. The van der Waals surface area contributed by atoms with Gasteiger partial charge >= 0.3 is 0 Å². The van der Waals surface area contributed by atoms with Crippen LogP contribution in [-0.4, -0.2) is 67.1 Å². The van der Waals surface area contributed by atoms with Crippen molar-refractivity contribution in [1.82, 2.24) is 29.0 Å². The van der Waals surface area contributed by atoms with Crippen LogP contribution in [0.25, 0.3) is 5.65 Å². The van der Waals surface area contributed by atoms with Gasteiger partial charge in [0.05, 0.1) is 28.8 Å². The van der Waals surface area contributed by atoms with Gasteiger partial charge in [0.15, 0.2) is 0 Å². The second kappa shape index (κ2) is 7.96. The van der Waals surface area contributed by atoms with Crippen molar-refractivity contribution in [1.29, 1.82) is 0 Å². The number of imidazole rings is 1. The van der Waals surface area contributed by atoms with Crippen LogP contribution in [0.15, 0.2) is 30.6 Å². The van der Waals surface area contributed by atoms with Gasteiger partial charge in [-0.05, 0) is 32.9 Å². The highest BCUT2D eigenvalue weighted by Crippen LogP contribution is 2.19. The van der Waals surface area contributed by atoms with Gasteiger partial charge in [-0.2, -0.15) is 5.10 Å². The lowest BCUT2D eigenvalue weighted by Gasteiger charge is -2.37. The minimum Gasteiger partial charge on any atom is -0.322 e. The maximum atomic E-state index is 12.8. The summed E-state index contributed by atoms with van der Waals surface area (Å²) in [4.78, 5) is 22.1. The molecular weight excluding hydrogens is 366 g/mol. The third kappa shape index (κ3) is 4.04. The van der Waals surface area contributed by atoms with E-state index in [1.807, 2.05) is 52.2 Å². The van der Waals surface area contributed by atoms with Gasteiger partial charge in [0.25, 0.3) is 0 Å². The number of aromatic nitrogens is 4. The number of amides is 1. The van der Waals surface area contributed by atoms with Gasteiger partial charge in [-0.25, -0.2) is 4.98 Å². The summed E-state index contributed by atoms with van der Waals surface area (Å²) in [5.41, 5.74) is 4.71. The zero-order valence-electron chi connectivity index (χ0n) is 17.6. The molecule has 1 saturated heterocycles. The van der Waals surface area contributed by atoms with Crippen molar-refractivity contribution in [3.63, 3.8) is 0 Å². The number of rotatable bonds is 5. The molecule has 1 aliphatic rings. The highest BCUT2D eigenvalue weighted by Gasteiger charge is 2.27. The van der Waals surface area contributed by atoms with Crippen LogP contribution in [0.5, 0.6) is 0 Å². The molecule has 4 rings (SSSR count). The van der Waals surface area contributed by atoms with Crippen molar-refractivity contribution < 1.29 is 4.79 Å². The fourth-order valence-corrected chi connectivity index (χ4v) is 3.95. The summed E-state index contributed by atoms with van der Waals surface area (Å²) >= 11 is 0. The van der Waals surface area contributed by atoms with Gasteiger partial charge in [0, 0.05) is 52.2 Å². The minimum absolute atomic E-state index is 0.0259. The Kier molecular flexibility index (Phi) is 5.38. The molecule has 1 unspecified atom stereocenters. The molecule has 4 heterocycles. The average Bonchev–Trinajstić information content (AvgIpc) is 3.23. The quantitative estimate of drug-likeness (QED) is 0.714. The number of pyridine rings is 1. The molecule has 0 radical (unpaired) electrons. The standard InChI is InChI=1S/C21H29N7O/c1-15-20(16(2)25(4)24-15)23-21(29)17(3)27-11-9-26(10-12-27)13-18-14-28-8-6-5-7-19(28)22-18/h5-8,14,17H,9-13H2,1-4H3,(H,23,29). The number of piperazine rings is 1. The average molecular weight is 396 g/mol. The minimum atomic E-state index is -0.175. The molecule has 1 atom stereocenters. The van der Waals surface area contributed by atoms with E-state index in [4.69, 9.17) is 4.98 Å². The number of carbonyl (C=O) groups excluding carboxylic acids is 1. The second-order valence-corrected chi connectivity index (χ2v) is 7.85. The zero-order valence-corrected chi connectivity index (χ0v) is 17.6. The molecule has 0 bridgehead atoms. The van der Waals surface area contributed by atoms with Crippen LogP contribution in [0, 0.1) is 13.8 Å². The van der Waals surface area contributed by atoms with Gasteiger partial charge in [-0.15, -0.1) is 0 Å². The van der Waals surface area contributed by atoms with Gasteiger partial charge in [-0.3, -0.25) is 19.3 Å². The van der Waals surface area contributed by atoms with Crippen molar-refractivity contribution in [3.8, 4) is 0 Å². The highest BCUT2D eigenvalue weighted by molar-refractivity contribution is 5.95. The zero-order chi connectivity index (χ0) is 20.5. The Morgan fingerprint density at radius 1 is 1.21 bits per heavy atom. The Hall–Kier alpha value is -2.71. The second-order valence-electron chi connectivity index (χ2n) is 7.85. The van der Waals surface area contributed by atoms with Gasteiger partial charge in [0.1, 0.15) is 5.65 Å². The highest BCUT2D eigenvalue weighted by atomic mass is 16.2. The Morgan fingerprint density at radius 2 is 1.97 bits per heavy atom. The van der Waals surface area contributed by atoms with Gasteiger partial charge < -0.3 is 9.72 Å². The van der Waals surface area contributed by atoms with Crippen molar-refractivity contribution >= 4 is 17.2 Å². The molecule has 3 aromatic heterocycles. The first kappa shape index (κ1) is 19.6. The number of hydrogen-bond donors (Lipinski definition) is 1. The largest absolute Gasteiger partial charge is 0.322 e. The fraction of sp³-hybridized carbons (Fsp3) is 0.476. The van der Waals surface area contributed by atoms with Crippen LogP contribution in [-0.2, 0) is 18.4 Å². The maximum absolute atomic E-state index is 12.8. The Labute approximate surface area is 171 Å². The predicted molar refractivity (Wildman–Crippen MR) is 113 cm³/mol. The van der Waals surface area contributed by atoms with E-state index in [2.05, 4.69) is 30.8 Å². The lowest BCUT2D eigenvalue weighted by Crippen LogP contribution is -2.52. The molecule has 0 saturated carbocycles. The topological polar surface area (TPSA) is 70.7 Å². The smallest absolute Gasteiger partial charge is 0.241 e. The number of anilines is 1. The summed E-state index contributed by atoms with van der Waals surface area (Å²) in [7, 11) is 1.89. The van der Waals surface area contributed by atoms with Crippen LogP contribution in [0.4, 0.5) is 5.69 Å². The predicted octanol–water partition coefficient (Wildman–Crippen LogP) is 1.83. The molecule has 1 N–H and O–H groups in total.